The number of sulfone groups is 1. The van der Waals surface area contributed by atoms with Gasteiger partial charge in [-0.2, -0.15) is 0 Å². The van der Waals surface area contributed by atoms with Crippen molar-refractivity contribution in [1.29, 1.82) is 0 Å². The number of ether oxygens (including phenoxy) is 1. The van der Waals surface area contributed by atoms with Gasteiger partial charge in [0.15, 0.2) is 12.5 Å². The molecule has 0 saturated carbocycles. The maximum Gasteiger partial charge on any atom is 0.248 e. The topological polar surface area (TPSA) is 112 Å². The van der Waals surface area contributed by atoms with Crippen molar-refractivity contribution >= 4 is 22.1 Å². The van der Waals surface area contributed by atoms with Gasteiger partial charge in [0.25, 0.3) is 0 Å². The van der Waals surface area contributed by atoms with Gasteiger partial charge in [-0.25, -0.2) is 13.4 Å². The lowest BCUT2D eigenvalue weighted by Gasteiger charge is -2.17. The number of benzene rings is 1. The van der Waals surface area contributed by atoms with Gasteiger partial charge in [0, 0.05) is 11.8 Å². The molecule has 2 aromatic rings. The maximum atomic E-state index is 12.8. The lowest BCUT2D eigenvalue weighted by atomic mass is 10.1. The number of nitrogens with zero attached hydrogens (tertiary/aromatic N) is 2. The summed E-state index contributed by atoms with van der Waals surface area (Å²) in [6.07, 6.45) is 1.54. The first-order chi connectivity index (χ1) is 11.4. The summed E-state index contributed by atoms with van der Waals surface area (Å²) < 4.78 is 31.0. The first-order valence-electron chi connectivity index (χ1n) is 7.13. The molecule has 124 valence electrons. The lowest BCUT2D eigenvalue weighted by Crippen LogP contribution is -2.25. The number of pyridine rings is 1. The van der Waals surface area contributed by atoms with Crippen LogP contribution in [0.1, 0.15) is 27.7 Å². The second-order valence-electron chi connectivity index (χ2n) is 5.39. The first kappa shape index (κ1) is 16.1. The van der Waals surface area contributed by atoms with Gasteiger partial charge in [-0.05, 0) is 31.2 Å². The Morgan fingerprint density at radius 3 is 2.58 bits per heavy atom. The molecule has 3 rings (SSSR count). The van der Waals surface area contributed by atoms with Crippen molar-refractivity contribution in [3.63, 3.8) is 0 Å². The van der Waals surface area contributed by atoms with Crippen LogP contribution in [-0.2, 0) is 14.6 Å². The SMILES string of the molecule is Cc1ccc(S(=O)(=O)C2N=COC2c2cc(C(N)=O)ccn2)cc1. The average molecular weight is 345 g/mol. The average Bonchev–Trinajstić information content (AvgIpc) is 3.06. The fourth-order valence-corrected chi connectivity index (χ4v) is 3.92. The van der Waals surface area contributed by atoms with Crippen LogP contribution < -0.4 is 5.73 Å². The normalized spacial score (nSPS) is 19.9. The van der Waals surface area contributed by atoms with E-state index in [-0.39, 0.29) is 16.2 Å². The fraction of sp³-hybridized carbons (Fsp3) is 0.188. The largest absolute Gasteiger partial charge is 0.471 e. The molecular formula is C16H15N3O4S. The third kappa shape index (κ3) is 2.88. The second-order valence-corrected chi connectivity index (χ2v) is 7.44. The third-order valence-corrected chi connectivity index (χ3v) is 5.63. The van der Waals surface area contributed by atoms with Crippen molar-refractivity contribution in [3.05, 3.63) is 59.4 Å². The van der Waals surface area contributed by atoms with Gasteiger partial charge in [0.1, 0.15) is 0 Å². The van der Waals surface area contributed by atoms with Crippen molar-refractivity contribution in [2.45, 2.75) is 23.3 Å². The molecule has 1 aromatic heterocycles. The number of aromatic nitrogens is 1. The van der Waals surface area contributed by atoms with Gasteiger partial charge >= 0.3 is 0 Å². The van der Waals surface area contributed by atoms with E-state index in [1.54, 1.807) is 12.1 Å². The Bertz CT molecular complexity index is 907. The molecule has 24 heavy (non-hydrogen) atoms. The molecule has 2 atom stereocenters. The number of aryl methyl sites for hydroxylation is 1. The van der Waals surface area contributed by atoms with Crippen molar-refractivity contribution in [1.82, 2.24) is 4.98 Å². The van der Waals surface area contributed by atoms with Crippen LogP contribution in [0, 0.1) is 6.92 Å². The van der Waals surface area contributed by atoms with Gasteiger partial charge in [0.05, 0.1) is 10.6 Å². The van der Waals surface area contributed by atoms with E-state index in [9.17, 15) is 13.2 Å². The van der Waals surface area contributed by atoms with E-state index in [0.29, 0.717) is 0 Å². The van der Waals surface area contributed by atoms with Crippen molar-refractivity contribution in [3.8, 4) is 0 Å². The van der Waals surface area contributed by atoms with Crippen LogP contribution in [0.3, 0.4) is 0 Å². The molecule has 0 aliphatic carbocycles. The van der Waals surface area contributed by atoms with Crippen LogP contribution >= 0.6 is 0 Å². The summed E-state index contributed by atoms with van der Waals surface area (Å²) in [5.41, 5.74) is 6.71. The molecule has 2 heterocycles. The molecule has 1 amide bonds. The van der Waals surface area contributed by atoms with Gasteiger partial charge in [-0.15, -0.1) is 0 Å². The summed E-state index contributed by atoms with van der Waals surface area (Å²) in [6, 6.07) is 9.36. The Morgan fingerprint density at radius 2 is 1.92 bits per heavy atom. The molecule has 0 fully saturated rings. The molecule has 2 unspecified atom stereocenters. The standard InChI is InChI=1S/C16H15N3O4S/c1-10-2-4-12(5-3-10)24(21,22)16-14(23-9-19-16)13-8-11(15(17)20)6-7-18-13/h2-9,14,16H,1H3,(H2,17,20). The molecule has 0 saturated heterocycles. The number of amides is 1. The Morgan fingerprint density at radius 1 is 1.21 bits per heavy atom. The molecule has 0 radical (unpaired) electrons. The van der Waals surface area contributed by atoms with E-state index in [2.05, 4.69) is 9.98 Å². The van der Waals surface area contributed by atoms with Gasteiger partial charge < -0.3 is 10.5 Å². The quantitative estimate of drug-likeness (QED) is 0.900. The van der Waals surface area contributed by atoms with Gasteiger partial charge in [-0.1, -0.05) is 17.7 Å². The van der Waals surface area contributed by atoms with E-state index in [1.165, 1.54) is 30.5 Å². The highest BCUT2D eigenvalue weighted by atomic mass is 32.2. The minimum atomic E-state index is -3.76. The summed E-state index contributed by atoms with van der Waals surface area (Å²) in [6.45, 7) is 1.87. The minimum Gasteiger partial charge on any atom is -0.471 e. The Hall–Kier alpha value is -2.74. The molecule has 1 aliphatic rings. The molecule has 7 nitrogen and oxygen atoms in total. The summed E-state index contributed by atoms with van der Waals surface area (Å²) >= 11 is 0. The zero-order chi connectivity index (χ0) is 17.3. The van der Waals surface area contributed by atoms with Crippen LogP contribution in [0.5, 0.6) is 0 Å². The minimum absolute atomic E-state index is 0.150. The van der Waals surface area contributed by atoms with Gasteiger partial charge in [0.2, 0.25) is 21.1 Å². The third-order valence-electron chi connectivity index (χ3n) is 3.70. The summed E-state index contributed by atoms with van der Waals surface area (Å²) in [5, 5.41) is -1.17. The molecule has 1 aliphatic heterocycles. The van der Waals surface area contributed by atoms with Crippen molar-refractivity contribution < 1.29 is 17.9 Å². The Kier molecular flexibility index (Phi) is 4.06. The van der Waals surface area contributed by atoms with E-state index >= 15 is 0 Å². The number of aliphatic imine (C=N–C) groups is 1. The van der Waals surface area contributed by atoms with Crippen molar-refractivity contribution in [2.24, 2.45) is 10.7 Å². The van der Waals surface area contributed by atoms with Crippen molar-refractivity contribution in [2.75, 3.05) is 0 Å². The second kappa shape index (κ2) is 6.04. The van der Waals surface area contributed by atoms with E-state index in [4.69, 9.17) is 10.5 Å². The highest BCUT2D eigenvalue weighted by Gasteiger charge is 2.40. The zero-order valence-electron chi connectivity index (χ0n) is 12.8. The molecule has 2 N–H and O–H groups in total. The molecule has 0 spiro atoms. The molecule has 1 aromatic carbocycles. The maximum absolute atomic E-state index is 12.8. The summed E-state index contributed by atoms with van der Waals surface area (Å²) in [7, 11) is -3.76. The molecular weight excluding hydrogens is 330 g/mol. The summed E-state index contributed by atoms with van der Waals surface area (Å²) in [5.74, 6) is -0.629. The van der Waals surface area contributed by atoms with Crippen LogP contribution in [-0.4, -0.2) is 31.1 Å². The zero-order valence-corrected chi connectivity index (χ0v) is 13.6. The Balaban J connectivity index is 1.98. The van der Waals surface area contributed by atoms with Crippen LogP contribution in [0.15, 0.2) is 52.5 Å². The molecule has 8 heteroatoms. The Labute approximate surface area is 139 Å². The predicted octanol–water partition coefficient (Wildman–Crippen LogP) is 1.39. The fourth-order valence-electron chi connectivity index (χ4n) is 2.39. The number of rotatable bonds is 4. The van der Waals surface area contributed by atoms with Gasteiger partial charge in [-0.3, -0.25) is 9.78 Å². The van der Waals surface area contributed by atoms with Crippen LogP contribution in [0.4, 0.5) is 0 Å². The number of nitrogens with two attached hydrogens (primary N) is 1. The monoisotopic (exact) mass is 345 g/mol. The number of carbonyl (C=O) groups is 1. The number of primary amides is 1. The van der Waals surface area contributed by atoms with Crippen LogP contribution in [0.2, 0.25) is 0 Å². The number of carbonyl (C=O) groups excluding carboxylic acids is 1. The van der Waals surface area contributed by atoms with E-state index in [1.807, 2.05) is 6.92 Å². The number of hydrogen-bond acceptors (Lipinski definition) is 6. The predicted molar refractivity (Wildman–Crippen MR) is 87.2 cm³/mol. The first-order valence-corrected chi connectivity index (χ1v) is 8.67. The number of hydrogen-bond donors (Lipinski definition) is 1. The van der Waals surface area contributed by atoms with E-state index < -0.39 is 27.2 Å². The van der Waals surface area contributed by atoms with E-state index in [0.717, 1.165) is 12.0 Å². The van der Waals surface area contributed by atoms with Crippen LogP contribution in [0.25, 0.3) is 0 Å². The smallest absolute Gasteiger partial charge is 0.248 e. The summed E-state index contributed by atoms with van der Waals surface area (Å²) in [4.78, 5) is 19.5. The highest BCUT2D eigenvalue weighted by molar-refractivity contribution is 7.92. The highest BCUT2D eigenvalue weighted by Crippen LogP contribution is 2.33. The lowest BCUT2D eigenvalue weighted by molar-refractivity contribution is 0.1000. The molecule has 0 bridgehead atoms.